The maximum Gasteiger partial charge on any atom is 0.177 e. The first-order valence-corrected chi connectivity index (χ1v) is 9.67. The number of aliphatic hydroxyl groups is 1. The Morgan fingerprint density at radius 3 is 2.58 bits per heavy atom. The molecule has 0 bridgehead atoms. The van der Waals surface area contributed by atoms with Crippen LogP contribution in [-0.2, 0) is 5.60 Å². The lowest BCUT2D eigenvalue weighted by molar-refractivity contribution is 0.0784. The minimum atomic E-state index is -1.24. The van der Waals surface area contributed by atoms with Crippen LogP contribution in [0.15, 0.2) is 35.6 Å². The second-order valence-corrected chi connectivity index (χ2v) is 8.03. The van der Waals surface area contributed by atoms with Crippen LogP contribution >= 0.6 is 0 Å². The van der Waals surface area contributed by atoms with Crippen molar-refractivity contribution >= 4 is 16.6 Å². The molecule has 31 heavy (non-hydrogen) atoms. The van der Waals surface area contributed by atoms with E-state index < -0.39 is 29.2 Å². The lowest BCUT2D eigenvalue weighted by Gasteiger charge is -2.19. The molecule has 2 atom stereocenters. The van der Waals surface area contributed by atoms with Crippen molar-refractivity contribution in [2.24, 2.45) is 5.18 Å². The van der Waals surface area contributed by atoms with E-state index in [-0.39, 0.29) is 22.3 Å². The van der Waals surface area contributed by atoms with Crippen molar-refractivity contribution in [3.63, 3.8) is 0 Å². The Hall–Kier alpha value is -3.40. The number of halogens is 2. The lowest BCUT2D eigenvalue weighted by atomic mass is 9.94. The van der Waals surface area contributed by atoms with Gasteiger partial charge in [0.15, 0.2) is 11.5 Å². The minimum absolute atomic E-state index is 0.0871. The zero-order chi connectivity index (χ0) is 22.5. The van der Waals surface area contributed by atoms with Crippen molar-refractivity contribution < 1.29 is 13.9 Å². The van der Waals surface area contributed by atoms with Crippen molar-refractivity contribution in [2.75, 3.05) is 0 Å². The average Bonchev–Trinajstić information content (AvgIpc) is 3.15. The third kappa shape index (κ3) is 3.52. The molecule has 1 N–H and O–H groups in total. The van der Waals surface area contributed by atoms with E-state index in [1.165, 1.54) is 16.8 Å². The predicted octanol–water partition coefficient (Wildman–Crippen LogP) is 4.16. The number of fused-ring (bicyclic) bond motifs is 2. The van der Waals surface area contributed by atoms with Gasteiger partial charge in [0.2, 0.25) is 0 Å². The summed E-state index contributed by atoms with van der Waals surface area (Å²) in [6, 6.07) is 5.13. The molecule has 4 rings (SSSR count). The molecule has 0 spiro atoms. The molecular formula is C21H20F2N6O2. The van der Waals surface area contributed by atoms with E-state index in [1.807, 2.05) is 0 Å². The number of nitrogens with zero attached hydrogens (tertiary/aromatic N) is 6. The second-order valence-electron chi connectivity index (χ2n) is 8.03. The number of aromatic nitrogens is 5. The molecule has 160 valence electrons. The summed E-state index contributed by atoms with van der Waals surface area (Å²) in [7, 11) is 0. The molecule has 0 aliphatic rings. The lowest BCUT2D eigenvalue weighted by Crippen LogP contribution is -2.16. The maximum atomic E-state index is 15.5. The molecule has 3 heterocycles. The highest BCUT2D eigenvalue weighted by atomic mass is 19.1. The van der Waals surface area contributed by atoms with Crippen molar-refractivity contribution in [3.05, 3.63) is 69.6 Å². The summed E-state index contributed by atoms with van der Waals surface area (Å²) in [5.74, 6) is -2.22. The number of nitroso groups, excluding NO2 is 1. The van der Waals surface area contributed by atoms with Crippen LogP contribution in [-0.4, -0.2) is 29.9 Å². The van der Waals surface area contributed by atoms with Crippen molar-refractivity contribution in [2.45, 2.75) is 45.3 Å². The van der Waals surface area contributed by atoms with E-state index in [9.17, 15) is 14.4 Å². The summed E-state index contributed by atoms with van der Waals surface area (Å²) in [4.78, 5) is 15.0. The first-order chi connectivity index (χ1) is 14.6. The van der Waals surface area contributed by atoms with E-state index >= 15 is 4.39 Å². The molecule has 0 saturated carbocycles. The molecule has 1 aromatic carbocycles. The monoisotopic (exact) mass is 426 g/mol. The van der Waals surface area contributed by atoms with E-state index in [0.29, 0.717) is 16.9 Å². The Balaban J connectivity index is 1.89. The summed E-state index contributed by atoms with van der Waals surface area (Å²) in [6.45, 7) is 6.29. The normalized spacial score (nSPS) is 14.2. The van der Waals surface area contributed by atoms with Gasteiger partial charge >= 0.3 is 0 Å². The average molecular weight is 426 g/mol. The highest BCUT2D eigenvalue weighted by Crippen LogP contribution is 2.33. The fourth-order valence-electron chi connectivity index (χ4n) is 3.44. The second kappa shape index (κ2) is 7.38. The van der Waals surface area contributed by atoms with Crippen LogP contribution in [0.5, 0.6) is 0 Å². The van der Waals surface area contributed by atoms with Gasteiger partial charge in [0.1, 0.15) is 17.7 Å². The smallest absolute Gasteiger partial charge is 0.177 e. The minimum Gasteiger partial charge on any atom is -0.386 e. The Labute approximate surface area is 175 Å². The molecule has 0 amide bonds. The SMILES string of the molecule is CC(N=O)c1ccc2nnc([C@@H](C)c3c(F)cc4ncc(C(C)(C)O)cc4c3F)n2n1. The number of hydrogen-bond acceptors (Lipinski definition) is 7. The van der Waals surface area contributed by atoms with E-state index in [4.69, 9.17) is 0 Å². The molecular weight excluding hydrogens is 406 g/mol. The van der Waals surface area contributed by atoms with Gasteiger partial charge in [-0.2, -0.15) is 14.5 Å². The van der Waals surface area contributed by atoms with Crippen molar-refractivity contribution in [1.82, 2.24) is 24.8 Å². The van der Waals surface area contributed by atoms with E-state index in [2.05, 4.69) is 25.5 Å². The van der Waals surface area contributed by atoms with Crippen LogP contribution in [0, 0.1) is 16.5 Å². The zero-order valence-corrected chi connectivity index (χ0v) is 17.3. The molecule has 0 aliphatic heterocycles. The van der Waals surface area contributed by atoms with E-state index in [1.54, 1.807) is 39.8 Å². The largest absolute Gasteiger partial charge is 0.386 e. The Morgan fingerprint density at radius 1 is 1.16 bits per heavy atom. The van der Waals surface area contributed by atoms with Crippen LogP contribution in [0.4, 0.5) is 8.78 Å². The van der Waals surface area contributed by atoms with Gasteiger partial charge in [0, 0.05) is 34.7 Å². The molecule has 1 unspecified atom stereocenters. The number of pyridine rings is 1. The standard InChI is InChI=1S/C21H20F2N6O2/c1-10(20-26-25-17-6-5-15(11(2)28-31)27-29(17)20)18-14(22)8-16-13(19(18)23)7-12(9-24-16)21(3,4)30/h5-11,30H,1-4H3/t10-,11?/m0/s1. The molecule has 4 aromatic rings. The Kier molecular flexibility index (Phi) is 4.97. The summed E-state index contributed by atoms with van der Waals surface area (Å²) in [6.07, 6.45) is 1.39. The Bertz CT molecular complexity index is 1310. The predicted molar refractivity (Wildman–Crippen MR) is 109 cm³/mol. The quantitative estimate of drug-likeness (QED) is 0.481. The third-order valence-corrected chi connectivity index (χ3v) is 5.33. The van der Waals surface area contributed by atoms with Crippen molar-refractivity contribution in [3.8, 4) is 0 Å². The summed E-state index contributed by atoms with van der Waals surface area (Å²) in [5, 5.41) is 25.7. The van der Waals surface area contributed by atoms with Crippen LogP contribution in [0.3, 0.4) is 0 Å². The van der Waals surface area contributed by atoms with Crippen LogP contribution in [0.1, 0.15) is 62.3 Å². The van der Waals surface area contributed by atoms with Crippen molar-refractivity contribution in [1.29, 1.82) is 0 Å². The molecule has 0 radical (unpaired) electrons. The summed E-state index contributed by atoms with van der Waals surface area (Å²) in [5.41, 5.74) is -0.161. The molecule has 0 aliphatic carbocycles. The molecule has 0 fully saturated rings. The first kappa shape index (κ1) is 20.9. The van der Waals surface area contributed by atoms with E-state index in [0.717, 1.165) is 6.07 Å². The summed E-state index contributed by atoms with van der Waals surface area (Å²) < 4.78 is 31.8. The van der Waals surface area contributed by atoms with Gasteiger partial charge in [-0.1, -0.05) is 12.1 Å². The number of hydrogen-bond donors (Lipinski definition) is 1. The fourth-order valence-corrected chi connectivity index (χ4v) is 3.44. The molecule has 8 nitrogen and oxygen atoms in total. The van der Waals surface area contributed by atoms with Gasteiger partial charge in [-0.3, -0.25) is 4.98 Å². The van der Waals surface area contributed by atoms with Crippen LogP contribution in [0.2, 0.25) is 0 Å². The van der Waals surface area contributed by atoms with Crippen LogP contribution in [0.25, 0.3) is 16.6 Å². The van der Waals surface area contributed by atoms with Gasteiger partial charge in [-0.15, -0.1) is 10.2 Å². The molecule has 0 saturated heterocycles. The van der Waals surface area contributed by atoms with Gasteiger partial charge in [0.05, 0.1) is 16.8 Å². The topological polar surface area (TPSA) is 106 Å². The first-order valence-electron chi connectivity index (χ1n) is 9.67. The maximum absolute atomic E-state index is 15.5. The third-order valence-electron chi connectivity index (χ3n) is 5.33. The van der Waals surface area contributed by atoms with Gasteiger partial charge in [-0.25, -0.2) is 8.78 Å². The highest BCUT2D eigenvalue weighted by Gasteiger charge is 2.27. The molecule has 10 heteroatoms. The Morgan fingerprint density at radius 2 is 1.90 bits per heavy atom. The molecule has 3 aromatic heterocycles. The highest BCUT2D eigenvalue weighted by molar-refractivity contribution is 5.81. The fraction of sp³-hybridized carbons (Fsp3) is 0.333. The van der Waals surface area contributed by atoms with Gasteiger partial charge < -0.3 is 5.11 Å². The summed E-state index contributed by atoms with van der Waals surface area (Å²) >= 11 is 0. The number of benzene rings is 1. The van der Waals surface area contributed by atoms with Gasteiger partial charge in [0.25, 0.3) is 0 Å². The zero-order valence-electron chi connectivity index (χ0n) is 17.3. The number of rotatable bonds is 5. The van der Waals surface area contributed by atoms with Gasteiger partial charge in [-0.05, 0) is 39.0 Å². The van der Waals surface area contributed by atoms with Crippen LogP contribution < -0.4 is 0 Å².